The van der Waals surface area contributed by atoms with Crippen LogP contribution in [0.5, 0.6) is 0 Å². The summed E-state index contributed by atoms with van der Waals surface area (Å²) in [5, 5.41) is 18.5. The van der Waals surface area contributed by atoms with E-state index in [0.717, 1.165) is 18.2 Å². The van der Waals surface area contributed by atoms with E-state index < -0.39 is 67.4 Å². The fraction of sp³-hybridized carbons (Fsp3) is 0.360. The Bertz CT molecular complexity index is 1460. The molecule has 10 nitrogen and oxygen atoms in total. The highest BCUT2D eigenvalue weighted by atomic mass is 35.5. The van der Waals surface area contributed by atoms with E-state index in [-0.39, 0.29) is 28.6 Å². The maximum Gasteiger partial charge on any atom is 0.416 e. The summed E-state index contributed by atoms with van der Waals surface area (Å²) in [6.07, 6.45) is -13.6. The van der Waals surface area contributed by atoms with E-state index >= 15 is 0 Å². The quantitative estimate of drug-likeness (QED) is 0.294. The summed E-state index contributed by atoms with van der Waals surface area (Å²) >= 11 is 5.85. The molecule has 1 heterocycles. The van der Waals surface area contributed by atoms with Gasteiger partial charge in [0, 0.05) is 17.1 Å². The van der Waals surface area contributed by atoms with Crippen molar-refractivity contribution in [2.24, 2.45) is 0 Å². The van der Waals surface area contributed by atoms with Crippen molar-refractivity contribution >= 4 is 23.6 Å². The molecule has 1 aromatic heterocycles. The molecule has 2 amide bonds. The zero-order chi connectivity index (χ0) is 31.2. The van der Waals surface area contributed by atoms with E-state index in [9.17, 15) is 45.8 Å². The Kier molecular flexibility index (Phi) is 10.3. The summed E-state index contributed by atoms with van der Waals surface area (Å²) in [5.74, 6) is -1.29. The number of aliphatic hydroxyl groups is 1. The number of carbonyl (C=O) groups excluding carboxylic acids is 2. The average molecular weight is 624 g/mol. The van der Waals surface area contributed by atoms with E-state index in [0.29, 0.717) is 9.25 Å². The summed E-state index contributed by atoms with van der Waals surface area (Å²) in [6.45, 7) is -1.00. The van der Waals surface area contributed by atoms with Gasteiger partial charge in [-0.2, -0.15) is 26.3 Å². The summed E-state index contributed by atoms with van der Waals surface area (Å²) in [5.41, 5.74) is -2.12. The van der Waals surface area contributed by atoms with Crippen LogP contribution in [0.15, 0.2) is 53.3 Å². The Morgan fingerprint density at radius 2 is 1.76 bits per heavy atom. The minimum atomic E-state index is -5.07. The lowest BCUT2D eigenvalue weighted by atomic mass is 10.0. The number of benzene rings is 2. The van der Waals surface area contributed by atoms with Crippen molar-refractivity contribution in [3.63, 3.8) is 0 Å². The number of carbonyl (C=O) groups is 2. The van der Waals surface area contributed by atoms with E-state index in [1.54, 1.807) is 0 Å². The molecule has 0 saturated heterocycles. The lowest BCUT2D eigenvalue weighted by Crippen LogP contribution is -2.41. The van der Waals surface area contributed by atoms with Gasteiger partial charge in [0.2, 0.25) is 5.91 Å². The van der Waals surface area contributed by atoms with Gasteiger partial charge >= 0.3 is 24.1 Å². The van der Waals surface area contributed by atoms with Crippen LogP contribution in [0, 0.1) is 0 Å². The van der Waals surface area contributed by atoms with Crippen LogP contribution in [0.4, 0.5) is 31.1 Å². The number of amides is 2. The van der Waals surface area contributed by atoms with E-state index in [4.69, 9.17) is 16.3 Å². The molecule has 0 aliphatic carbocycles. The number of aliphatic hydroxyl groups excluding tert-OH is 1. The van der Waals surface area contributed by atoms with E-state index in [1.807, 2.05) is 0 Å². The van der Waals surface area contributed by atoms with Crippen LogP contribution in [-0.4, -0.2) is 56.9 Å². The van der Waals surface area contributed by atoms with Crippen molar-refractivity contribution in [1.29, 1.82) is 0 Å². The van der Waals surface area contributed by atoms with E-state index in [1.165, 1.54) is 37.3 Å². The van der Waals surface area contributed by atoms with Crippen LogP contribution in [0.2, 0.25) is 5.02 Å². The predicted octanol–water partition coefficient (Wildman–Crippen LogP) is 3.91. The van der Waals surface area contributed by atoms with Crippen molar-refractivity contribution in [3.8, 4) is 11.4 Å². The molecule has 0 saturated carbocycles. The monoisotopic (exact) mass is 623 g/mol. The van der Waals surface area contributed by atoms with Crippen LogP contribution in [0.1, 0.15) is 24.1 Å². The zero-order valence-corrected chi connectivity index (χ0v) is 22.4. The largest absolute Gasteiger partial charge is 0.450 e. The number of nitrogens with one attached hydrogen (secondary N) is 2. The SMILES string of the molecule is CCOC(=O)NCC(NC(=O)Cn1nc(-c2ccc(Cl)cc2)n(C[C@H](O)C(F)(F)F)c1=O)c1cccc(C(F)(F)F)c1. The third-order valence-corrected chi connectivity index (χ3v) is 5.98. The molecule has 0 aliphatic heterocycles. The summed E-state index contributed by atoms with van der Waals surface area (Å²) in [6, 6.07) is 8.16. The first-order valence-electron chi connectivity index (χ1n) is 12.2. The van der Waals surface area contributed by atoms with Crippen LogP contribution in [-0.2, 0) is 28.8 Å². The highest BCUT2D eigenvalue weighted by Crippen LogP contribution is 2.31. The molecule has 2 atom stereocenters. The van der Waals surface area contributed by atoms with Crippen molar-refractivity contribution in [2.75, 3.05) is 13.2 Å². The molecule has 228 valence electrons. The molecule has 3 rings (SSSR count). The lowest BCUT2D eigenvalue weighted by Gasteiger charge is -2.21. The molecule has 3 N–H and O–H groups in total. The van der Waals surface area contributed by atoms with Crippen molar-refractivity contribution in [3.05, 3.63) is 75.2 Å². The van der Waals surface area contributed by atoms with Gasteiger partial charge in [-0.15, -0.1) is 5.10 Å². The van der Waals surface area contributed by atoms with Crippen LogP contribution in [0.3, 0.4) is 0 Å². The average Bonchev–Trinajstić information content (AvgIpc) is 3.20. The molecular weight excluding hydrogens is 600 g/mol. The van der Waals surface area contributed by atoms with Gasteiger partial charge in [-0.25, -0.2) is 14.3 Å². The number of aromatic nitrogens is 3. The van der Waals surface area contributed by atoms with Gasteiger partial charge in [0.05, 0.1) is 24.8 Å². The second-order valence-corrected chi connectivity index (χ2v) is 9.22. The molecule has 0 fully saturated rings. The number of nitrogens with zero attached hydrogens (tertiary/aromatic N) is 3. The Morgan fingerprint density at radius 1 is 1.10 bits per heavy atom. The number of hydrogen-bond acceptors (Lipinski definition) is 6. The maximum absolute atomic E-state index is 13.3. The molecule has 1 unspecified atom stereocenters. The van der Waals surface area contributed by atoms with Gasteiger partial charge < -0.3 is 20.5 Å². The third-order valence-electron chi connectivity index (χ3n) is 5.73. The van der Waals surface area contributed by atoms with Crippen molar-refractivity contribution in [1.82, 2.24) is 25.0 Å². The molecule has 0 spiro atoms. The Balaban J connectivity index is 1.93. The highest BCUT2D eigenvalue weighted by molar-refractivity contribution is 6.30. The van der Waals surface area contributed by atoms with Gasteiger partial charge in [0.25, 0.3) is 0 Å². The van der Waals surface area contributed by atoms with Gasteiger partial charge in [0.15, 0.2) is 11.9 Å². The minimum Gasteiger partial charge on any atom is -0.450 e. The zero-order valence-electron chi connectivity index (χ0n) is 21.7. The highest BCUT2D eigenvalue weighted by Gasteiger charge is 2.39. The molecule has 0 bridgehead atoms. The minimum absolute atomic E-state index is 0.00299. The van der Waals surface area contributed by atoms with E-state index in [2.05, 4.69) is 15.7 Å². The molecule has 3 aromatic rings. The van der Waals surface area contributed by atoms with Gasteiger partial charge in [-0.3, -0.25) is 9.36 Å². The molecule has 0 aliphatic rings. The number of rotatable bonds is 10. The fourth-order valence-corrected chi connectivity index (χ4v) is 3.85. The van der Waals surface area contributed by atoms with Crippen molar-refractivity contribution in [2.45, 2.75) is 44.5 Å². The Labute approximate surface area is 238 Å². The lowest BCUT2D eigenvalue weighted by molar-refractivity contribution is -0.207. The first kappa shape index (κ1) is 32.5. The number of hydrogen-bond donors (Lipinski definition) is 3. The smallest absolute Gasteiger partial charge is 0.416 e. The first-order valence-corrected chi connectivity index (χ1v) is 12.5. The maximum atomic E-state index is 13.3. The first-order chi connectivity index (χ1) is 19.6. The normalized spacial score (nSPS) is 13.4. The molecular formula is C25H24ClF6N5O5. The van der Waals surface area contributed by atoms with Crippen LogP contribution in [0.25, 0.3) is 11.4 Å². The Hall–Kier alpha value is -4.05. The van der Waals surface area contributed by atoms with Gasteiger partial charge in [-0.1, -0.05) is 23.7 Å². The molecule has 42 heavy (non-hydrogen) atoms. The van der Waals surface area contributed by atoms with Crippen LogP contribution >= 0.6 is 11.6 Å². The molecule has 0 radical (unpaired) electrons. The number of ether oxygens (including phenoxy) is 1. The number of halogens is 7. The second kappa shape index (κ2) is 13.3. The van der Waals surface area contributed by atoms with Gasteiger partial charge in [-0.05, 0) is 48.9 Å². The Morgan fingerprint density at radius 3 is 2.36 bits per heavy atom. The predicted molar refractivity (Wildman–Crippen MR) is 136 cm³/mol. The molecule has 17 heteroatoms. The standard InChI is InChI=1S/C25H24ClF6N5O5/c1-2-42-22(40)33-11-18(15-4-3-5-16(10-15)24(27,28)29)34-20(39)13-37-23(41)36(12-19(38)25(30,31)32)21(35-37)14-6-8-17(26)9-7-14/h3-10,18-19,38H,2,11-13H2,1H3,(H,33,40)(H,34,39)/t18?,19-/m0/s1. The summed E-state index contributed by atoms with van der Waals surface area (Å²) < 4.78 is 84.9. The molecule has 2 aromatic carbocycles. The second-order valence-electron chi connectivity index (χ2n) is 8.78. The van der Waals surface area contributed by atoms with Crippen LogP contribution < -0.4 is 16.3 Å². The fourth-order valence-electron chi connectivity index (χ4n) is 3.73. The summed E-state index contributed by atoms with van der Waals surface area (Å²) in [4.78, 5) is 37.7. The van der Waals surface area contributed by atoms with Crippen molar-refractivity contribution < 1.29 is 45.8 Å². The number of alkyl carbamates (subject to hydrolysis) is 1. The number of alkyl halides is 6. The summed E-state index contributed by atoms with van der Waals surface area (Å²) in [7, 11) is 0. The third kappa shape index (κ3) is 8.48. The topological polar surface area (TPSA) is 127 Å². The van der Waals surface area contributed by atoms with Gasteiger partial charge in [0.1, 0.15) is 6.54 Å².